The molecule has 33 heavy (non-hydrogen) atoms. The number of alkyl halides is 2. The van der Waals surface area contributed by atoms with Crippen molar-refractivity contribution in [3.05, 3.63) is 0 Å². The van der Waals surface area contributed by atoms with Gasteiger partial charge in [-0.1, -0.05) is 6.92 Å². The van der Waals surface area contributed by atoms with Crippen LogP contribution in [0.3, 0.4) is 0 Å². The van der Waals surface area contributed by atoms with E-state index in [4.69, 9.17) is 14.2 Å². The van der Waals surface area contributed by atoms with E-state index in [9.17, 15) is 18.4 Å². The van der Waals surface area contributed by atoms with Crippen LogP contribution in [0.5, 0.6) is 0 Å². The van der Waals surface area contributed by atoms with Crippen molar-refractivity contribution in [2.45, 2.75) is 95.4 Å². The maximum atomic E-state index is 13.5. The number of hydrogen-bond donors (Lipinski definition) is 0. The molecule has 7 heteroatoms. The summed E-state index contributed by atoms with van der Waals surface area (Å²) in [6.45, 7) is 2.73. The second-order valence-corrected chi connectivity index (χ2v) is 12.5. The molecule has 0 aromatic carbocycles. The Balaban J connectivity index is 1.11. The Morgan fingerprint density at radius 3 is 2.18 bits per heavy atom. The van der Waals surface area contributed by atoms with Crippen LogP contribution in [0.2, 0.25) is 0 Å². The summed E-state index contributed by atoms with van der Waals surface area (Å²) in [6.07, 6.45) is 8.62. The molecule has 8 saturated carbocycles. The maximum Gasteiger partial charge on any atom is 0.376 e. The van der Waals surface area contributed by atoms with Gasteiger partial charge in [-0.3, -0.25) is 0 Å². The zero-order chi connectivity index (χ0) is 23.1. The van der Waals surface area contributed by atoms with Gasteiger partial charge in [0.1, 0.15) is 18.3 Å². The predicted molar refractivity (Wildman–Crippen MR) is 114 cm³/mol. The minimum absolute atomic E-state index is 0.105. The van der Waals surface area contributed by atoms with Crippen LogP contribution >= 0.6 is 0 Å². The van der Waals surface area contributed by atoms with Gasteiger partial charge in [-0.2, -0.15) is 8.78 Å². The molecule has 0 amide bonds. The van der Waals surface area contributed by atoms with Gasteiger partial charge in [0, 0.05) is 12.8 Å². The van der Waals surface area contributed by atoms with Gasteiger partial charge in [0.05, 0.1) is 6.10 Å². The standard InChI is InChI=1S/C26H36F2O5/c1-13-17-6-15-3-16(7-17)11-26(13,10-15)33-21(29)12-31-22-18-4-14-5-19(9-18)23(20(22)8-14)32-24(30)25(2,27)28/h13-20,22-23H,3-12H2,1-2H3. The number of ether oxygens (including phenoxy) is 3. The molecule has 8 bridgehead atoms. The fourth-order valence-corrected chi connectivity index (χ4v) is 9.29. The molecule has 8 fully saturated rings. The topological polar surface area (TPSA) is 61.8 Å². The van der Waals surface area contributed by atoms with Crippen LogP contribution in [-0.4, -0.2) is 42.3 Å². The fraction of sp³-hybridized carbons (Fsp3) is 0.923. The molecular formula is C26H36F2O5. The molecule has 0 heterocycles. The monoisotopic (exact) mass is 466 g/mol. The van der Waals surface area contributed by atoms with Crippen molar-refractivity contribution in [3.63, 3.8) is 0 Å². The van der Waals surface area contributed by atoms with Gasteiger partial charge in [-0.05, 0) is 99.2 Å². The summed E-state index contributed by atoms with van der Waals surface area (Å²) in [5.74, 6) is -1.96. The molecule has 0 spiro atoms. The predicted octanol–water partition coefficient (Wildman–Crippen LogP) is 4.76. The molecule has 8 aliphatic carbocycles. The largest absolute Gasteiger partial charge is 0.457 e. The van der Waals surface area contributed by atoms with E-state index in [1.165, 1.54) is 19.3 Å². The van der Waals surface area contributed by atoms with Crippen LogP contribution in [-0.2, 0) is 23.8 Å². The molecular weight excluding hydrogens is 430 g/mol. The molecule has 0 saturated heterocycles. The molecule has 0 radical (unpaired) electrons. The van der Waals surface area contributed by atoms with E-state index in [2.05, 4.69) is 6.92 Å². The molecule has 0 aliphatic heterocycles. The lowest BCUT2D eigenvalue weighted by atomic mass is 9.50. The van der Waals surface area contributed by atoms with Crippen LogP contribution in [0.1, 0.15) is 71.6 Å². The summed E-state index contributed by atoms with van der Waals surface area (Å²) >= 11 is 0. The van der Waals surface area contributed by atoms with Crippen LogP contribution in [0.15, 0.2) is 0 Å². The first-order chi connectivity index (χ1) is 15.6. The first kappa shape index (κ1) is 22.2. The first-order valence-electron chi connectivity index (χ1n) is 13.0. The van der Waals surface area contributed by atoms with Gasteiger partial charge in [-0.25, -0.2) is 9.59 Å². The van der Waals surface area contributed by atoms with Gasteiger partial charge in [0.2, 0.25) is 0 Å². The minimum atomic E-state index is -3.50. The van der Waals surface area contributed by atoms with E-state index in [-0.39, 0.29) is 36.1 Å². The van der Waals surface area contributed by atoms with Gasteiger partial charge < -0.3 is 14.2 Å². The summed E-state index contributed by atoms with van der Waals surface area (Å²) in [6, 6.07) is 0. The highest BCUT2D eigenvalue weighted by Crippen LogP contribution is 2.60. The number of hydrogen-bond acceptors (Lipinski definition) is 5. The minimum Gasteiger partial charge on any atom is -0.457 e. The van der Waals surface area contributed by atoms with Gasteiger partial charge in [-0.15, -0.1) is 0 Å². The second-order valence-electron chi connectivity index (χ2n) is 12.5. The Hall–Kier alpha value is -1.24. The van der Waals surface area contributed by atoms with Crippen molar-refractivity contribution in [2.75, 3.05) is 6.61 Å². The van der Waals surface area contributed by atoms with E-state index < -0.39 is 18.0 Å². The van der Waals surface area contributed by atoms with Crippen LogP contribution in [0.25, 0.3) is 0 Å². The molecule has 9 unspecified atom stereocenters. The SMILES string of the molecule is CC1C2CC3CC(C2)CC1(OC(=O)COC1C2CC4CC(C2)C(OC(=O)C(C)(F)F)C1C4)C3. The van der Waals surface area contributed by atoms with Crippen molar-refractivity contribution >= 4 is 11.9 Å². The zero-order valence-corrected chi connectivity index (χ0v) is 19.6. The lowest BCUT2D eigenvalue weighted by molar-refractivity contribution is -0.226. The van der Waals surface area contributed by atoms with Crippen molar-refractivity contribution in [3.8, 4) is 0 Å². The second kappa shape index (κ2) is 7.63. The molecule has 5 nitrogen and oxygen atoms in total. The molecule has 0 N–H and O–H groups in total. The van der Waals surface area contributed by atoms with Gasteiger partial charge in [0.25, 0.3) is 0 Å². The average molecular weight is 467 g/mol. The average Bonchev–Trinajstić information content (AvgIpc) is 2.72. The number of rotatable bonds is 6. The van der Waals surface area contributed by atoms with Crippen molar-refractivity contribution in [1.82, 2.24) is 0 Å². The van der Waals surface area contributed by atoms with Crippen molar-refractivity contribution in [1.29, 1.82) is 0 Å². The summed E-state index contributed by atoms with van der Waals surface area (Å²) in [5.41, 5.74) is -0.329. The van der Waals surface area contributed by atoms with Crippen molar-refractivity contribution < 1.29 is 32.6 Å². The van der Waals surface area contributed by atoms with E-state index in [1.54, 1.807) is 0 Å². The van der Waals surface area contributed by atoms with E-state index >= 15 is 0 Å². The molecule has 8 rings (SSSR count). The summed E-state index contributed by atoms with van der Waals surface area (Å²) in [7, 11) is 0. The lowest BCUT2D eigenvalue weighted by Gasteiger charge is -2.59. The molecule has 0 aromatic rings. The molecule has 8 aliphatic rings. The Kier molecular flexibility index (Phi) is 5.14. The smallest absolute Gasteiger partial charge is 0.376 e. The van der Waals surface area contributed by atoms with Gasteiger partial charge >= 0.3 is 17.9 Å². The summed E-state index contributed by atoms with van der Waals surface area (Å²) < 4.78 is 44.7. The Morgan fingerprint density at radius 1 is 0.879 bits per heavy atom. The third-order valence-corrected chi connectivity index (χ3v) is 10.3. The summed E-state index contributed by atoms with van der Waals surface area (Å²) in [5, 5.41) is 0. The van der Waals surface area contributed by atoms with Crippen LogP contribution in [0, 0.1) is 47.3 Å². The summed E-state index contributed by atoms with van der Waals surface area (Å²) in [4.78, 5) is 24.9. The van der Waals surface area contributed by atoms with Gasteiger partial charge in [0.15, 0.2) is 0 Å². The Bertz CT molecular complexity index is 810. The van der Waals surface area contributed by atoms with E-state index in [0.717, 1.165) is 38.5 Å². The highest BCUT2D eigenvalue weighted by Gasteiger charge is 2.59. The number of halogens is 2. The molecule has 0 aromatic heterocycles. The maximum absolute atomic E-state index is 13.5. The molecule has 184 valence electrons. The van der Waals surface area contributed by atoms with Crippen LogP contribution in [0.4, 0.5) is 8.78 Å². The highest BCUT2D eigenvalue weighted by molar-refractivity contribution is 5.77. The zero-order valence-electron chi connectivity index (χ0n) is 19.6. The third-order valence-electron chi connectivity index (χ3n) is 10.3. The third kappa shape index (κ3) is 3.71. The van der Waals surface area contributed by atoms with E-state index in [1.807, 2.05) is 0 Å². The highest BCUT2D eigenvalue weighted by atomic mass is 19.3. The van der Waals surface area contributed by atoms with E-state index in [0.29, 0.717) is 42.4 Å². The molecule has 9 atom stereocenters. The lowest BCUT2D eigenvalue weighted by Crippen LogP contribution is -2.59. The number of carbonyl (C=O) groups is 2. The number of esters is 2. The fourth-order valence-electron chi connectivity index (χ4n) is 9.29. The van der Waals surface area contributed by atoms with Crippen molar-refractivity contribution in [2.24, 2.45) is 47.3 Å². The quantitative estimate of drug-likeness (QED) is 0.528. The first-order valence-corrected chi connectivity index (χ1v) is 13.0. The van der Waals surface area contributed by atoms with Crippen LogP contribution < -0.4 is 0 Å². The Labute approximate surface area is 194 Å². The normalized spacial score (nSPS) is 49.3. The Morgan fingerprint density at radius 2 is 1.52 bits per heavy atom. The number of carbonyl (C=O) groups excluding carboxylic acids is 2.